The van der Waals surface area contributed by atoms with Crippen LogP contribution in [0.5, 0.6) is 0 Å². The van der Waals surface area contributed by atoms with Crippen molar-refractivity contribution in [1.29, 1.82) is 0 Å². The van der Waals surface area contributed by atoms with Crippen LogP contribution in [0.3, 0.4) is 0 Å². The van der Waals surface area contributed by atoms with Crippen LogP contribution in [0.1, 0.15) is 33.1 Å². The molecule has 0 aliphatic carbocycles. The van der Waals surface area contributed by atoms with Gasteiger partial charge in [0, 0.05) is 39.2 Å². The van der Waals surface area contributed by atoms with Crippen molar-refractivity contribution in [3.63, 3.8) is 0 Å². The van der Waals surface area contributed by atoms with Crippen molar-refractivity contribution in [3.8, 4) is 0 Å². The maximum atomic E-state index is 11.8. The first-order chi connectivity index (χ1) is 8.13. The summed E-state index contributed by atoms with van der Waals surface area (Å²) in [4.78, 5) is 16.2. The van der Waals surface area contributed by atoms with Gasteiger partial charge in [0.05, 0.1) is 0 Å². The number of nitrogens with zero attached hydrogens (tertiary/aromatic N) is 2. The van der Waals surface area contributed by atoms with Crippen molar-refractivity contribution < 1.29 is 9.90 Å². The van der Waals surface area contributed by atoms with Gasteiger partial charge in [0.15, 0.2) is 0 Å². The maximum absolute atomic E-state index is 11.8. The molecular weight excluding hydrogens is 216 g/mol. The number of piperazine rings is 1. The Morgan fingerprint density at radius 3 is 2.35 bits per heavy atom. The van der Waals surface area contributed by atoms with E-state index in [1.165, 1.54) is 0 Å². The zero-order valence-electron chi connectivity index (χ0n) is 11.2. The van der Waals surface area contributed by atoms with Crippen molar-refractivity contribution in [3.05, 3.63) is 0 Å². The van der Waals surface area contributed by atoms with Crippen molar-refractivity contribution in [2.75, 3.05) is 39.3 Å². The van der Waals surface area contributed by atoms with Crippen LogP contribution >= 0.6 is 0 Å². The molecule has 100 valence electrons. The van der Waals surface area contributed by atoms with Crippen LogP contribution in [0.15, 0.2) is 0 Å². The lowest BCUT2D eigenvalue weighted by atomic mass is 10.1. The van der Waals surface area contributed by atoms with Gasteiger partial charge < -0.3 is 10.0 Å². The molecule has 0 radical (unpaired) electrons. The summed E-state index contributed by atoms with van der Waals surface area (Å²) in [6.07, 6.45) is 2.60. The van der Waals surface area contributed by atoms with Crippen LogP contribution < -0.4 is 0 Å². The van der Waals surface area contributed by atoms with E-state index in [0.29, 0.717) is 18.2 Å². The van der Waals surface area contributed by atoms with Gasteiger partial charge in [0.2, 0.25) is 5.91 Å². The van der Waals surface area contributed by atoms with E-state index in [1.54, 1.807) is 0 Å². The van der Waals surface area contributed by atoms with E-state index < -0.39 is 0 Å². The highest BCUT2D eigenvalue weighted by Gasteiger charge is 2.20. The van der Waals surface area contributed by atoms with Gasteiger partial charge in [-0.15, -0.1) is 0 Å². The standard InChI is InChI=1S/C13H26N2O2/c1-12(2)11-13(17)15-8-6-14(7-9-15)5-3-4-10-16/h12,16H,3-11H2,1-2H3. The molecule has 4 heteroatoms. The highest BCUT2D eigenvalue weighted by atomic mass is 16.2. The Bertz CT molecular complexity index is 223. The second-order valence-electron chi connectivity index (χ2n) is 5.25. The molecule has 0 bridgehead atoms. The van der Waals surface area contributed by atoms with Gasteiger partial charge in [-0.3, -0.25) is 9.69 Å². The zero-order chi connectivity index (χ0) is 12.7. The summed E-state index contributed by atoms with van der Waals surface area (Å²) in [6.45, 7) is 9.20. The molecule has 17 heavy (non-hydrogen) atoms. The number of aliphatic hydroxyl groups excluding tert-OH is 1. The van der Waals surface area contributed by atoms with Crippen LogP contribution in [0.25, 0.3) is 0 Å². The first-order valence-electron chi connectivity index (χ1n) is 6.74. The maximum Gasteiger partial charge on any atom is 0.222 e. The van der Waals surface area contributed by atoms with Gasteiger partial charge >= 0.3 is 0 Å². The Kier molecular flexibility index (Phi) is 6.52. The molecule has 0 spiro atoms. The lowest BCUT2D eigenvalue weighted by Gasteiger charge is -2.35. The average molecular weight is 242 g/mol. The average Bonchev–Trinajstić information content (AvgIpc) is 2.29. The Morgan fingerprint density at radius 2 is 1.82 bits per heavy atom. The monoisotopic (exact) mass is 242 g/mol. The number of carbonyl (C=O) groups is 1. The molecule has 0 aromatic carbocycles. The number of rotatable bonds is 6. The van der Waals surface area contributed by atoms with Crippen molar-refractivity contribution >= 4 is 5.91 Å². The SMILES string of the molecule is CC(C)CC(=O)N1CCN(CCCCO)CC1. The second kappa shape index (κ2) is 7.67. The van der Waals surface area contributed by atoms with Crippen LogP contribution in [0, 0.1) is 5.92 Å². The third kappa shape index (κ3) is 5.50. The van der Waals surface area contributed by atoms with E-state index in [1.807, 2.05) is 4.90 Å². The van der Waals surface area contributed by atoms with Gasteiger partial charge in [0.1, 0.15) is 0 Å². The third-order valence-corrected chi connectivity index (χ3v) is 3.19. The van der Waals surface area contributed by atoms with Gasteiger partial charge in [0.25, 0.3) is 0 Å². The van der Waals surface area contributed by atoms with Crippen LogP contribution in [0.2, 0.25) is 0 Å². The largest absolute Gasteiger partial charge is 0.396 e. The highest BCUT2D eigenvalue weighted by Crippen LogP contribution is 2.08. The fourth-order valence-electron chi connectivity index (χ4n) is 2.15. The Labute approximate surface area is 105 Å². The Morgan fingerprint density at radius 1 is 1.18 bits per heavy atom. The quantitative estimate of drug-likeness (QED) is 0.705. The van der Waals surface area contributed by atoms with E-state index in [2.05, 4.69) is 18.7 Å². The molecular formula is C13H26N2O2. The molecule has 0 aromatic heterocycles. The number of carbonyl (C=O) groups excluding carboxylic acids is 1. The molecule has 0 unspecified atom stereocenters. The summed E-state index contributed by atoms with van der Waals surface area (Å²) in [5.74, 6) is 0.750. The molecule has 0 saturated carbocycles. The van der Waals surface area contributed by atoms with E-state index in [0.717, 1.165) is 45.6 Å². The number of amides is 1. The summed E-state index contributed by atoms with van der Waals surface area (Å²) in [6, 6.07) is 0. The molecule has 1 heterocycles. The summed E-state index contributed by atoms with van der Waals surface area (Å²) < 4.78 is 0. The molecule has 1 N–H and O–H groups in total. The third-order valence-electron chi connectivity index (χ3n) is 3.19. The summed E-state index contributed by atoms with van der Waals surface area (Å²) in [5, 5.41) is 8.72. The summed E-state index contributed by atoms with van der Waals surface area (Å²) >= 11 is 0. The van der Waals surface area contributed by atoms with Gasteiger partial charge in [-0.05, 0) is 25.3 Å². The fraction of sp³-hybridized carbons (Fsp3) is 0.923. The number of unbranched alkanes of at least 4 members (excludes halogenated alkanes) is 1. The molecule has 4 nitrogen and oxygen atoms in total. The van der Waals surface area contributed by atoms with E-state index in [-0.39, 0.29) is 6.61 Å². The van der Waals surface area contributed by atoms with E-state index >= 15 is 0 Å². The van der Waals surface area contributed by atoms with Gasteiger partial charge in [-0.2, -0.15) is 0 Å². The Balaban J connectivity index is 2.18. The summed E-state index contributed by atoms with van der Waals surface area (Å²) in [5.41, 5.74) is 0. The molecule has 1 saturated heterocycles. The molecule has 1 fully saturated rings. The molecule has 1 rings (SSSR count). The molecule has 1 amide bonds. The normalized spacial score (nSPS) is 17.8. The minimum atomic E-state index is 0.285. The first kappa shape index (κ1) is 14.5. The smallest absolute Gasteiger partial charge is 0.222 e. The minimum absolute atomic E-state index is 0.285. The number of hydrogen-bond donors (Lipinski definition) is 1. The number of hydrogen-bond acceptors (Lipinski definition) is 3. The topological polar surface area (TPSA) is 43.8 Å². The predicted molar refractivity (Wildman–Crippen MR) is 68.8 cm³/mol. The lowest BCUT2D eigenvalue weighted by Crippen LogP contribution is -2.49. The number of aliphatic hydroxyl groups is 1. The van der Waals surface area contributed by atoms with Crippen molar-refractivity contribution in [2.45, 2.75) is 33.1 Å². The first-order valence-corrected chi connectivity index (χ1v) is 6.74. The van der Waals surface area contributed by atoms with Crippen LogP contribution in [0.4, 0.5) is 0 Å². The molecule has 0 atom stereocenters. The minimum Gasteiger partial charge on any atom is -0.396 e. The van der Waals surface area contributed by atoms with Crippen molar-refractivity contribution in [1.82, 2.24) is 9.80 Å². The van der Waals surface area contributed by atoms with E-state index in [9.17, 15) is 4.79 Å². The molecule has 1 aliphatic heterocycles. The lowest BCUT2D eigenvalue weighted by molar-refractivity contribution is -0.133. The predicted octanol–water partition coefficient (Wildman–Crippen LogP) is 0.949. The molecule has 0 aromatic rings. The summed E-state index contributed by atoms with van der Waals surface area (Å²) in [7, 11) is 0. The molecule has 1 aliphatic rings. The van der Waals surface area contributed by atoms with E-state index in [4.69, 9.17) is 5.11 Å². The second-order valence-corrected chi connectivity index (χ2v) is 5.25. The fourth-order valence-corrected chi connectivity index (χ4v) is 2.15. The van der Waals surface area contributed by atoms with Gasteiger partial charge in [-0.1, -0.05) is 13.8 Å². The van der Waals surface area contributed by atoms with Crippen LogP contribution in [-0.4, -0.2) is 60.1 Å². The van der Waals surface area contributed by atoms with Gasteiger partial charge in [-0.25, -0.2) is 0 Å². The zero-order valence-corrected chi connectivity index (χ0v) is 11.2. The van der Waals surface area contributed by atoms with Crippen LogP contribution in [-0.2, 0) is 4.79 Å². The Hall–Kier alpha value is -0.610. The van der Waals surface area contributed by atoms with Crippen molar-refractivity contribution in [2.24, 2.45) is 5.92 Å². The highest BCUT2D eigenvalue weighted by molar-refractivity contribution is 5.76.